The molecule has 0 saturated heterocycles. The van der Waals surface area contributed by atoms with E-state index in [4.69, 9.17) is 15.0 Å². The first-order valence-corrected chi connectivity index (χ1v) is 20.4. The Labute approximate surface area is 323 Å². The van der Waals surface area contributed by atoms with Gasteiger partial charge in [-0.3, -0.25) is 14.5 Å². The number of hydrogen-bond acceptors (Lipinski definition) is 4. The van der Waals surface area contributed by atoms with Gasteiger partial charge in [0.1, 0.15) is 17.2 Å². The molecule has 0 N–H and O–H groups in total. The first kappa shape index (κ1) is 32.6. The molecule has 3 aliphatic carbocycles. The second-order valence-electron chi connectivity index (χ2n) is 16.1. The highest BCUT2D eigenvalue weighted by Gasteiger charge is 2.64. The molecule has 3 aromatic heterocycles. The molecular weight excluding hydrogens is 671 g/mol. The van der Waals surface area contributed by atoms with E-state index < -0.39 is 0 Å². The third-order valence-corrected chi connectivity index (χ3v) is 13.6. The molecule has 4 aromatic carbocycles. The van der Waals surface area contributed by atoms with Crippen LogP contribution in [0.1, 0.15) is 62.5 Å². The fraction of sp³-hybridized carbons (Fsp3) is 0.260. The molecule has 0 radical (unpaired) electrons. The number of nitrogens with zero attached hydrogens (tertiary/aromatic N) is 5. The summed E-state index contributed by atoms with van der Waals surface area (Å²) in [7, 11) is 0. The number of para-hydroxylation sites is 4. The van der Waals surface area contributed by atoms with E-state index >= 15 is 0 Å². The molecule has 0 amide bonds. The van der Waals surface area contributed by atoms with E-state index in [0.717, 1.165) is 57.4 Å². The molecule has 5 nitrogen and oxygen atoms in total. The van der Waals surface area contributed by atoms with E-state index in [1.807, 2.05) is 30.6 Å². The summed E-state index contributed by atoms with van der Waals surface area (Å²) in [6.07, 6.45) is 14.6. The zero-order valence-corrected chi connectivity index (χ0v) is 31.1. The summed E-state index contributed by atoms with van der Waals surface area (Å²) in [5, 5.41) is 0. The maximum Gasteiger partial charge on any atom is 0.148 e. The molecule has 1 aliphatic heterocycles. The highest BCUT2D eigenvalue weighted by Crippen LogP contribution is 2.70. The number of pyridine rings is 2. The minimum Gasteiger partial charge on any atom is -0.309 e. The average molecular weight is 716 g/mol. The lowest BCUT2D eigenvalue weighted by Gasteiger charge is -2.51. The van der Waals surface area contributed by atoms with Crippen LogP contribution in [-0.4, -0.2) is 19.5 Å². The van der Waals surface area contributed by atoms with E-state index in [2.05, 4.69) is 131 Å². The Kier molecular flexibility index (Phi) is 7.82. The third-order valence-electron chi connectivity index (χ3n) is 13.6. The van der Waals surface area contributed by atoms with Gasteiger partial charge in [0.2, 0.25) is 0 Å². The van der Waals surface area contributed by atoms with E-state index in [1.165, 1.54) is 73.9 Å². The lowest BCUT2D eigenvalue weighted by Crippen LogP contribution is -2.45. The van der Waals surface area contributed by atoms with Gasteiger partial charge in [0.15, 0.2) is 0 Å². The monoisotopic (exact) mass is 715 g/mol. The summed E-state index contributed by atoms with van der Waals surface area (Å²) in [5.74, 6) is 3.83. The highest BCUT2D eigenvalue weighted by atomic mass is 15.2. The Bertz CT molecular complexity index is 2420. The van der Waals surface area contributed by atoms with Gasteiger partial charge in [-0.2, -0.15) is 0 Å². The van der Waals surface area contributed by atoms with Crippen molar-refractivity contribution in [3.8, 4) is 39.9 Å². The second-order valence-corrected chi connectivity index (χ2v) is 16.1. The molecule has 7 aromatic rings. The predicted molar refractivity (Wildman–Crippen MR) is 222 cm³/mol. The van der Waals surface area contributed by atoms with Gasteiger partial charge in [-0.15, -0.1) is 0 Å². The van der Waals surface area contributed by atoms with Crippen molar-refractivity contribution < 1.29 is 0 Å². The van der Waals surface area contributed by atoms with Gasteiger partial charge in [-0.25, -0.2) is 4.98 Å². The fourth-order valence-corrected chi connectivity index (χ4v) is 11.8. The van der Waals surface area contributed by atoms with Crippen LogP contribution in [0.15, 0.2) is 152 Å². The first-order valence-electron chi connectivity index (χ1n) is 20.4. The summed E-state index contributed by atoms with van der Waals surface area (Å²) in [5.41, 5.74) is 12.3. The van der Waals surface area contributed by atoms with Crippen LogP contribution in [0.3, 0.4) is 0 Å². The molecule has 3 fully saturated rings. The maximum absolute atomic E-state index is 5.58. The van der Waals surface area contributed by atoms with Crippen molar-refractivity contribution in [3.05, 3.63) is 163 Å². The molecule has 0 bridgehead atoms. The second kappa shape index (κ2) is 13.2. The minimum atomic E-state index is 0.0234. The van der Waals surface area contributed by atoms with Crippen LogP contribution < -0.4 is 4.90 Å². The number of aromatic nitrogens is 4. The molecule has 1 spiro atoms. The zero-order valence-electron chi connectivity index (χ0n) is 31.1. The van der Waals surface area contributed by atoms with Crippen LogP contribution in [0.5, 0.6) is 0 Å². The van der Waals surface area contributed by atoms with Gasteiger partial charge >= 0.3 is 0 Å². The number of fused-ring (bicyclic) bond motifs is 9. The SMILES string of the molecule is c1ccc(-n2c(-c3ccccc3N3c4ccccc4C4(c5ccccc53)C3CCCCC3C3CCCCC34)nc(-c3ccccn3)c2-c2ccccn2)cc1. The van der Waals surface area contributed by atoms with Gasteiger partial charge in [0, 0.05) is 29.1 Å². The van der Waals surface area contributed by atoms with Crippen molar-refractivity contribution in [1.82, 2.24) is 19.5 Å². The molecule has 4 aliphatic rings. The van der Waals surface area contributed by atoms with E-state index in [1.54, 1.807) is 0 Å². The summed E-state index contributed by atoms with van der Waals surface area (Å²) in [4.78, 5) is 17.9. The number of anilines is 3. The Morgan fingerprint density at radius 1 is 0.491 bits per heavy atom. The average Bonchev–Trinajstić information content (AvgIpc) is 3.80. The quantitative estimate of drug-likeness (QED) is 0.178. The smallest absolute Gasteiger partial charge is 0.148 e. The summed E-state index contributed by atoms with van der Waals surface area (Å²) in [6.45, 7) is 0. The Morgan fingerprint density at radius 2 is 1.02 bits per heavy atom. The number of imidazole rings is 1. The topological polar surface area (TPSA) is 46.8 Å². The van der Waals surface area contributed by atoms with Gasteiger partial charge in [-0.1, -0.05) is 105 Å². The lowest BCUT2D eigenvalue weighted by molar-refractivity contribution is 0.184. The van der Waals surface area contributed by atoms with E-state index in [-0.39, 0.29) is 5.41 Å². The van der Waals surface area contributed by atoms with Crippen molar-refractivity contribution in [2.45, 2.75) is 56.8 Å². The molecule has 4 atom stereocenters. The van der Waals surface area contributed by atoms with Crippen LogP contribution in [0.2, 0.25) is 0 Å². The molecule has 11 rings (SSSR count). The molecule has 270 valence electrons. The summed E-state index contributed by atoms with van der Waals surface area (Å²) >= 11 is 0. The van der Waals surface area contributed by atoms with Crippen molar-refractivity contribution in [3.63, 3.8) is 0 Å². The molecule has 4 unspecified atom stereocenters. The maximum atomic E-state index is 5.58. The van der Waals surface area contributed by atoms with Crippen LogP contribution in [0.25, 0.3) is 39.9 Å². The predicted octanol–water partition coefficient (Wildman–Crippen LogP) is 12.4. The van der Waals surface area contributed by atoms with Crippen LogP contribution in [-0.2, 0) is 5.41 Å². The van der Waals surface area contributed by atoms with Gasteiger partial charge in [0.05, 0.1) is 28.5 Å². The largest absolute Gasteiger partial charge is 0.309 e. The van der Waals surface area contributed by atoms with Crippen molar-refractivity contribution in [2.75, 3.05) is 4.90 Å². The van der Waals surface area contributed by atoms with Gasteiger partial charge < -0.3 is 4.90 Å². The highest BCUT2D eigenvalue weighted by molar-refractivity contribution is 5.93. The first-order chi connectivity index (χ1) is 27.3. The van der Waals surface area contributed by atoms with Crippen LogP contribution in [0, 0.1) is 23.7 Å². The number of hydrogen-bond donors (Lipinski definition) is 0. The molecule has 5 heteroatoms. The van der Waals surface area contributed by atoms with Crippen molar-refractivity contribution in [1.29, 1.82) is 0 Å². The lowest BCUT2D eigenvalue weighted by atomic mass is 9.56. The van der Waals surface area contributed by atoms with Gasteiger partial charge in [-0.05, 0) is 121 Å². The van der Waals surface area contributed by atoms with Gasteiger partial charge in [0.25, 0.3) is 0 Å². The summed E-state index contributed by atoms with van der Waals surface area (Å²) in [6, 6.07) is 50.6. The molecule has 55 heavy (non-hydrogen) atoms. The number of benzene rings is 4. The van der Waals surface area contributed by atoms with Crippen molar-refractivity contribution >= 4 is 17.1 Å². The minimum absolute atomic E-state index is 0.0234. The molecule has 4 heterocycles. The summed E-state index contributed by atoms with van der Waals surface area (Å²) < 4.78 is 2.30. The Balaban J connectivity index is 1.18. The fourth-order valence-electron chi connectivity index (χ4n) is 11.8. The number of rotatable bonds is 5. The molecular formula is C50H45N5. The standard InChI is InChI=1S/C50H45N5/c1-2-18-34(19-3-1)54-48(43-28-15-17-33-52-43)47(42-27-14-16-32-51-42)53-49(54)37-22-6-11-29-44(37)55-45-30-12-9-25-40(45)50(41-26-10-13-31-46(41)55)38-23-7-4-20-35(38)36-21-5-8-24-39(36)50/h1-3,6,9-19,22,25-33,35-36,38-39H,4-5,7-8,20-21,23-24H2. The van der Waals surface area contributed by atoms with Crippen molar-refractivity contribution in [2.24, 2.45) is 23.7 Å². The third kappa shape index (κ3) is 4.88. The Morgan fingerprint density at radius 3 is 1.64 bits per heavy atom. The molecule has 3 saturated carbocycles. The van der Waals surface area contributed by atoms with Crippen LogP contribution >= 0.6 is 0 Å². The normalized spacial score (nSPS) is 22.1. The van der Waals surface area contributed by atoms with E-state index in [0.29, 0.717) is 11.8 Å². The van der Waals surface area contributed by atoms with Crippen LogP contribution in [0.4, 0.5) is 17.1 Å². The zero-order chi connectivity index (χ0) is 36.3. The Hall–Kier alpha value is -5.81. The van der Waals surface area contributed by atoms with E-state index in [9.17, 15) is 0 Å².